The molecule has 7 nitrogen and oxygen atoms in total. The van der Waals surface area contributed by atoms with E-state index in [1.165, 1.54) is 11.9 Å². The van der Waals surface area contributed by atoms with Crippen molar-refractivity contribution in [1.82, 2.24) is 10.2 Å². The Morgan fingerprint density at radius 1 is 0.946 bits per heavy atom. The average Bonchev–Trinajstić information content (AvgIpc) is 2.86. The van der Waals surface area contributed by atoms with Crippen molar-refractivity contribution < 1.29 is 18.0 Å². The first-order chi connectivity index (χ1) is 17.5. The van der Waals surface area contributed by atoms with Gasteiger partial charge in [0.15, 0.2) is 0 Å². The van der Waals surface area contributed by atoms with Gasteiger partial charge in [0, 0.05) is 24.5 Å². The molecule has 3 aromatic carbocycles. The molecule has 196 valence electrons. The summed E-state index contributed by atoms with van der Waals surface area (Å²) in [4.78, 5) is 28.5. The second kappa shape index (κ2) is 12.4. The molecule has 0 aromatic heterocycles. The number of hydrogen-bond donors (Lipinski definition) is 1. The van der Waals surface area contributed by atoms with Crippen LogP contribution in [0.3, 0.4) is 0 Å². The average molecular weight is 587 g/mol. The highest BCUT2D eigenvalue weighted by Gasteiger charge is 2.33. The number of halogens is 1. The number of amides is 2. The summed E-state index contributed by atoms with van der Waals surface area (Å²) >= 11 is 3.46. The van der Waals surface area contributed by atoms with E-state index in [-0.39, 0.29) is 18.9 Å². The van der Waals surface area contributed by atoms with Gasteiger partial charge in [-0.1, -0.05) is 70.5 Å². The highest BCUT2D eigenvalue weighted by atomic mass is 79.9. The van der Waals surface area contributed by atoms with Crippen molar-refractivity contribution in [2.45, 2.75) is 32.9 Å². The van der Waals surface area contributed by atoms with Crippen LogP contribution in [0.2, 0.25) is 0 Å². The molecular weight excluding hydrogens is 554 g/mol. The third kappa shape index (κ3) is 7.42. The Morgan fingerprint density at radius 2 is 1.59 bits per heavy atom. The summed E-state index contributed by atoms with van der Waals surface area (Å²) in [5.74, 6) is -0.805. The van der Waals surface area contributed by atoms with Gasteiger partial charge in [0.05, 0.1) is 11.9 Å². The molecule has 2 amide bonds. The lowest BCUT2D eigenvalue weighted by Gasteiger charge is -2.33. The fraction of sp³-hybridized carbons (Fsp3) is 0.286. The Balaban J connectivity index is 2.06. The fourth-order valence-electron chi connectivity index (χ4n) is 4.15. The number of carbonyl (C=O) groups excluding carboxylic acids is 2. The largest absolute Gasteiger partial charge is 0.357 e. The summed E-state index contributed by atoms with van der Waals surface area (Å²) < 4.78 is 27.7. The number of nitrogens with one attached hydrogen (secondary N) is 1. The van der Waals surface area contributed by atoms with Gasteiger partial charge < -0.3 is 10.2 Å². The third-order valence-corrected chi connectivity index (χ3v) is 7.90. The number of benzene rings is 3. The smallest absolute Gasteiger partial charge is 0.244 e. The molecule has 0 saturated heterocycles. The number of carbonyl (C=O) groups is 2. The van der Waals surface area contributed by atoms with Crippen molar-refractivity contribution in [3.63, 3.8) is 0 Å². The highest BCUT2D eigenvalue weighted by Crippen LogP contribution is 2.26. The Kier molecular flexibility index (Phi) is 9.50. The maximum Gasteiger partial charge on any atom is 0.244 e. The molecule has 3 aromatic rings. The Labute approximate surface area is 227 Å². The van der Waals surface area contributed by atoms with Crippen LogP contribution in [0.25, 0.3) is 0 Å². The number of likely N-dealkylation sites (N-methyl/N-ethyl adjacent to an activating group) is 1. The Bertz CT molecular complexity index is 1360. The van der Waals surface area contributed by atoms with Crippen LogP contribution in [0.1, 0.15) is 22.3 Å². The van der Waals surface area contributed by atoms with Crippen LogP contribution in [0.4, 0.5) is 5.69 Å². The molecular formula is C28H32BrN3O4S. The van der Waals surface area contributed by atoms with E-state index in [4.69, 9.17) is 0 Å². The zero-order valence-corrected chi connectivity index (χ0v) is 23.8. The van der Waals surface area contributed by atoms with E-state index in [1.807, 2.05) is 74.5 Å². The molecule has 0 bridgehead atoms. The first-order valence-corrected chi connectivity index (χ1v) is 14.5. The molecule has 1 atom stereocenters. The number of anilines is 1. The Hall–Kier alpha value is -3.17. The Morgan fingerprint density at radius 3 is 2.22 bits per heavy atom. The van der Waals surface area contributed by atoms with Gasteiger partial charge in [0.1, 0.15) is 12.6 Å². The second-order valence-corrected chi connectivity index (χ2v) is 11.8. The topological polar surface area (TPSA) is 86.8 Å². The number of aryl methyl sites for hydroxylation is 1. The van der Waals surface area contributed by atoms with Crippen LogP contribution in [-0.4, -0.2) is 51.0 Å². The van der Waals surface area contributed by atoms with Crippen LogP contribution in [-0.2, 0) is 32.6 Å². The van der Waals surface area contributed by atoms with Crippen LogP contribution < -0.4 is 9.62 Å². The van der Waals surface area contributed by atoms with E-state index in [2.05, 4.69) is 21.2 Å². The zero-order chi connectivity index (χ0) is 27.2. The van der Waals surface area contributed by atoms with Crippen molar-refractivity contribution in [2.24, 2.45) is 0 Å². The summed E-state index contributed by atoms with van der Waals surface area (Å²) in [5.41, 5.74) is 3.82. The lowest BCUT2D eigenvalue weighted by atomic mass is 10.0. The van der Waals surface area contributed by atoms with Gasteiger partial charge in [-0.2, -0.15) is 0 Å². The summed E-state index contributed by atoms with van der Waals surface area (Å²) in [6, 6.07) is 21.4. The predicted molar refractivity (Wildman–Crippen MR) is 151 cm³/mol. The lowest BCUT2D eigenvalue weighted by molar-refractivity contribution is -0.139. The minimum atomic E-state index is -3.80. The summed E-state index contributed by atoms with van der Waals surface area (Å²) in [6.07, 6.45) is 1.36. The maximum atomic E-state index is 13.9. The monoisotopic (exact) mass is 585 g/mol. The van der Waals surface area contributed by atoms with E-state index in [1.54, 1.807) is 12.1 Å². The zero-order valence-electron chi connectivity index (χ0n) is 21.4. The van der Waals surface area contributed by atoms with Crippen molar-refractivity contribution in [3.8, 4) is 0 Å². The molecule has 0 saturated carbocycles. The standard InChI is InChI=1S/C28H32BrN3O4S/c1-20-10-8-15-25(21(20)2)32(37(4,35)36)19-27(33)31(18-23-13-9-14-24(29)16-23)26(28(34)30-3)17-22-11-6-5-7-12-22/h5-16,26H,17-19H2,1-4H3,(H,30,34)/t26-/m1/s1. The normalized spacial score (nSPS) is 12.0. The fourth-order valence-corrected chi connectivity index (χ4v) is 5.50. The molecule has 0 fully saturated rings. The van der Waals surface area contributed by atoms with E-state index >= 15 is 0 Å². The SMILES string of the molecule is CNC(=O)[C@@H](Cc1ccccc1)N(Cc1cccc(Br)c1)C(=O)CN(c1cccc(C)c1C)S(C)(=O)=O. The van der Waals surface area contributed by atoms with Crippen molar-refractivity contribution in [3.05, 3.63) is 99.5 Å². The minimum absolute atomic E-state index is 0.133. The highest BCUT2D eigenvalue weighted by molar-refractivity contribution is 9.10. The minimum Gasteiger partial charge on any atom is -0.357 e. The van der Waals surface area contributed by atoms with Crippen molar-refractivity contribution in [2.75, 3.05) is 24.2 Å². The van der Waals surface area contributed by atoms with Gasteiger partial charge >= 0.3 is 0 Å². The number of nitrogens with zero attached hydrogens (tertiary/aromatic N) is 2. The van der Waals surface area contributed by atoms with Crippen LogP contribution in [0.5, 0.6) is 0 Å². The molecule has 0 aliphatic heterocycles. The first kappa shape index (κ1) is 28.4. The van der Waals surface area contributed by atoms with Gasteiger partial charge in [0.2, 0.25) is 21.8 Å². The molecule has 0 aliphatic carbocycles. The van der Waals surface area contributed by atoms with Gasteiger partial charge in [-0.3, -0.25) is 13.9 Å². The maximum absolute atomic E-state index is 13.9. The van der Waals surface area contributed by atoms with Crippen molar-refractivity contribution >= 4 is 43.5 Å². The molecule has 0 unspecified atom stereocenters. The third-order valence-electron chi connectivity index (χ3n) is 6.28. The summed E-state index contributed by atoms with van der Waals surface area (Å²) in [5, 5.41) is 2.68. The number of rotatable bonds is 10. The number of hydrogen-bond acceptors (Lipinski definition) is 4. The van der Waals surface area contributed by atoms with Gasteiger partial charge in [-0.15, -0.1) is 0 Å². The van der Waals surface area contributed by atoms with Crippen LogP contribution in [0.15, 0.2) is 77.3 Å². The van der Waals surface area contributed by atoms with E-state index in [0.717, 1.165) is 37.3 Å². The van der Waals surface area contributed by atoms with Crippen LogP contribution in [0, 0.1) is 13.8 Å². The van der Waals surface area contributed by atoms with Gasteiger partial charge in [-0.05, 0) is 54.3 Å². The van der Waals surface area contributed by atoms with Gasteiger partial charge in [-0.25, -0.2) is 8.42 Å². The quantitative estimate of drug-likeness (QED) is 0.386. The second-order valence-electron chi connectivity index (χ2n) is 8.96. The van der Waals surface area contributed by atoms with E-state index < -0.39 is 28.5 Å². The van der Waals surface area contributed by atoms with E-state index in [9.17, 15) is 18.0 Å². The molecule has 3 rings (SSSR count). The summed E-state index contributed by atoms with van der Waals surface area (Å²) in [6.45, 7) is 3.42. The van der Waals surface area contributed by atoms with Crippen molar-refractivity contribution in [1.29, 1.82) is 0 Å². The first-order valence-electron chi connectivity index (χ1n) is 11.8. The molecule has 0 aliphatic rings. The summed E-state index contributed by atoms with van der Waals surface area (Å²) in [7, 11) is -2.27. The van der Waals surface area contributed by atoms with E-state index in [0.29, 0.717) is 5.69 Å². The molecule has 0 heterocycles. The molecule has 0 radical (unpaired) electrons. The molecule has 37 heavy (non-hydrogen) atoms. The molecule has 0 spiro atoms. The van der Waals surface area contributed by atoms with Gasteiger partial charge in [0.25, 0.3) is 0 Å². The molecule has 1 N–H and O–H groups in total. The van der Waals surface area contributed by atoms with Crippen LogP contribution >= 0.6 is 15.9 Å². The number of sulfonamides is 1. The lowest BCUT2D eigenvalue weighted by Crippen LogP contribution is -2.53. The molecule has 9 heteroatoms. The predicted octanol–water partition coefficient (Wildman–Crippen LogP) is 4.22.